The number of piperidine rings is 1. The average molecular weight is 386 g/mol. The molecule has 2 heterocycles. The van der Waals surface area contributed by atoms with Crippen molar-refractivity contribution < 1.29 is 18.0 Å². The summed E-state index contributed by atoms with van der Waals surface area (Å²) in [7, 11) is -3.28. The number of carbonyl (C=O) groups is 2. The van der Waals surface area contributed by atoms with Crippen LogP contribution in [0.15, 0.2) is 24.3 Å². The fraction of sp³-hybridized carbons (Fsp3) is 0.500. The summed E-state index contributed by atoms with van der Waals surface area (Å²) in [5.74, 6) is -0.260. The van der Waals surface area contributed by atoms with Crippen LogP contribution in [-0.4, -0.2) is 53.9 Å². The molecule has 0 atom stereocenters. The zero-order valence-electron chi connectivity index (χ0n) is 13.9. The second-order valence-corrected chi connectivity index (χ2v) is 9.02. The van der Waals surface area contributed by atoms with Crippen molar-refractivity contribution in [2.75, 3.05) is 18.8 Å². The molecule has 2 aliphatic rings. The van der Waals surface area contributed by atoms with E-state index in [9.17, 15) is 18.0 Å². The van der Waals surface area contributed by atoms with E-state index >= 15 is 0 Å². The fourth-order valence-electron chi connectivity index (χ4n) is 3.26. The number of nitrogens with one attached hydrogen (secondary N) is 1. The highest BCUT2D eigenvalue weighted by atomic mass is 35.5. The lowest BCUT2D eigenvalue weighted by Crippen LogP contribution is -2.56. The number of amides is 3. The van der Waals surface area contributed by atoms with Gasteiger partial charge in [0.15, 0.2) is 0 Å². The summed E-state index contributed by atoms with van der Waals surface area (Å²) < 4.78 is 25.3. The smallest absolute Gasteiger partial charge is 0.323 e. The number of imide groups is 1. The molecule has 1 aromatic carbocycles. The van der Waals surface area contributed by atoms with E-state index in [1.165, 1.54) is 9.21 Å². The first kappa shape index (κ1) is 18.2. The molecule has 2 saturated heterocycles. The lowest BCUT2D eigenvalue weighted by Gasteiger charge is -2.36. The maximum Gasteiger partial charge on any atom is 0.325 e. The molecule has 1 N–H and O–H groups in total. The quantitative estimate of drug-likeness (QED) is 0.797. The highest BCUT2D eigenvalue weighted by molar-refractivity contribution is 7.89. The predicted molar refractivity (Wildman–Crippen MR) is 93.5 cm³/mol. The molecule has 0 aromatic heterocycles. The summed E-state index contributed by atoms with van der Waals surface area (Å²) in [5.41, 5.74) is -0.195. The standard InChI is InChI=1S/C16H20ClN3O4S/c1-2-25(23,24)19-9-7-16(8-10-19)14(21)20(15(22)18-16)11-12-3-5-13(17)6-4-12/h3-6H,2,7-11H2,1H3,(H,18,22). The number of sulfonamides is 1. The first-order valence-electron chi connectivity index (χ1n) is 8.14. The number of hydrogen-bond donors (Lipinski definition) is 1. The molecule has 3 amide bonds. The molecule has 3 rings (SSSR count). The Hall–Kier alpha value is -1.64. The molecule has 136 valence electrons. The lowest BCUT2D eigenvalue weighted by atomic mass is 9.88. The molecular weight excluding hydrogens is 366 g/mol. The normalized spacial score (nSPS) is 21.0. The van der Waals surface area contributed by atoms with Gasteiger partial charge in [0.1, 0.15) is 5.54 Å². The van der Waals surface area contributed by atoms with Crippen molar-refractivity contribution in [3.05, 3.63) is 34.9 Å². The Kier molecular flexibility index (Phi) is 4.78. The zero-order chi connectivity index (χ0) is 18.2. The number of rotatable bonds is 4. The minimum Gasteiger partial charge on any atom is -0.323 e. The molecule has 0 aliphatic carbocycles. The summed E-state index contributed by atoms with van der Waals surface area (Å²) in [4.78, 5) is 26.3. The SMILES string of the molecule is CCS(=O)(=O)N1CCC2(CC1)NC(=O)N(Cc1ccc(Cl)cc1)C2=O. The molecule has 0 saturated carbocycles. The van der Waals surface area contributed by atoms with Gasteiger partial charge in [-0.3, -0.25) is 9.69 Å². The van der Waals surface area contributed by atoms with E-state index in [4.69, 9.17) is 11.6 Å². The van der Waals surface area contributed by atoms with Crippen molar-refractivity contribution >= 4 is 33.6 Å². The molecular formula is C16H20ClN3O4S. The van der Waals surface area contributed by atoms with Crippen LogP contribution in [0.4, 0.5) is 4.79 Å². The Labute approximate surface area is 152 Å². The van der Waals surface area contributed by atoms with Crippen LogP contribution in [-0.2, 0) is 21.4 Å². The topological polar surface area (TPSA) is 86.8 Å². The van der Waals surface area contributed by atoms with Crippen molar-refractivity contribution in [3.63, 3.8) is 0 Å². The summed E-state index contributed by atoms with van der Waals surface area (Å²) in [6.45, 7) is 2.23. The molecule has 25 heavy (non-hydrogen) atoms. The third-order valence-corrected chi connectivity index (χ3v) is 6.97. The first-order chi connectivity index (χ1) is 11.8. The van der Waals surface area contributed by atoms with E-state index < -0.39 is 21.6 Å². The van der Waals surface area contributed by atoms with Crippen LogP contribution >= 0.6 is 11.6 Å². The van der Waals surface area contributed by atoms with Crippen LogP contribution in [0.1, 0.15) is 25.3 Å². The molecule has 9 heteroatoms. The van der Waals surface area contributed by atoms with Crippen LogP contribution in [0.25, 0.3) is 0 Å². The maximum absolute atomic E-state index is 12.8. The van der Waals surface area contributed by atoms with Gasteiger partial charge in [0, 0.05) is 18.1 Å². The molecule has 0 radical (unpaired) electrons. The predicted octanol–water partition coefficient (Wildman–Crippen LogP) is 1.58. The van der Waals surface area contributed by atoms with Gasteiger partial charge in [-0.1, -0.05) is 23.7 Å². The zero-order valence-corrected chi connectivity index (χ0v) is 15.4. The molecule has 2 aliphatic heterocycles. The van der Waals surface area contributed by atoms with E-state index in [2.05, 4.69) is 5.32 Å². The number of hydrogen-bond acceptors (Lipinski definition) is 4. The average Bonchev–Trinajstić information content (AvgIpc) is 2.81. The summed E-state index contributed by atoms with van der Waals surface area (Å²) >= 11 is 5.85. The van der Waals surface area contributed by atoms with Gasteiger partial charge in [-0.2, -0.15) is 0 Å². The van der Waals surface area contributed by atoms with Gasteiger partial charge in [-0.05, 0) is 37.5 Å². The van der Waals surface area contributed by atoms with Crippen LogP contribution in [0, 0.1) is 0 Å². The van der Waals surface area contributed by atoms with Crippen molar-refractivity contribution in [1.29, 1.82) is 0 Å². The van der Waals surface area contributed by atoms with E-state index in [-0.39, 0.29) is 44.1 Å². The van der Waals surface area contributed by atoms with Crippen molar-refractivity contribution in [2.45, 2.75) is 31.8 Å². The monoisotopic (exact) mass is 385 g/mol. The van der Waals surface area contributed by atoms with Crippen molar-refractivity contribution in [2.24, 2.45) is 0 Å². The molecule has 7 nitrogen and oxygen atoms in total. The van der Waals surface area contributed by atoms with Gasteiger partial charge in [0.05, 0.1) is 12.3 Å². The number of nitrogens with zero attached hydrogens (tertiary/aromatic N) is 2. The minimum atomic E-state index is -3.28. The van der Waals surface area contributed by atoms with E-state index in [1.807, 2.05) is 0 Å². The molecule has 1 spiro atoms. The Morgan fingerprint density at radius 3 is 2.32 bits per heavy atom. The summed E-state index contributed by atoms with van der Waals surface area (Å²) in [6.07, 6.45) is 0.571. The van der Waals surface area contributed by atoms with E-state index in [0.29, 0.717) is 5.02 Å². The highest BCUT2D eigenvalue weighted by Crippen LogP contribution is 2.31. The van der Waals surface area contributed by atoms with Gasteiger partial charge in [-0.25, -0.2) is 17.5 Å². The lowest BCUT2D eigenvalue weighted by molar-refractivity contribution is -0.133. The third kappa shape index (κ3) is 3.38. The van der Waals surface area contributed by atoms with E-state index in [1.54, 1.807) is 31.2 Å². The Bertz CT molecular complexity index is 786. The van der Waals surface area contributed by atoms with Crippen LogP contribution in [0.2, 0.25) is 5.02 Å². The number of carbonyl (C=O) groups excluding carboxylic acids is 2. The van der Waals surface area contributed by atoms with Gasteiger partial charge >= 0.3 is 6.03 Å². The molecule has 2 fully saturated rings. The number of halogens is 1. The summed E-state index contributed by atoms with van der Waals surface area (Å²) in [5, 5.41) is 3.37. The second-order valence-electron chi connectivity index (χ2n) is 6.33. The maximum atomic E-state index is 12.8. The van der Waals surface area contributed by atoms with Crippen molar-refractivity contribution in [1.82, 2.24) is 14.5 Å². The number of benzene rings is 1. The molecule has 0 unspecified atom stereocenters. The minimum absolute atomic E-state index is 0.0308. The second kappa shape index (κ2) is 6.59. The van der Waals surface area contributed by atoms with Crippen LogP contribution < -0.4 is 5.32 Å². The first-order valence-corrected chi connectivity index (χ1v) is 10.1. The van der Waals surface area contributed by atoms with Gasteiger partial charge < -0.3 is 5.32 Å². The molecule has 0 bridgehead atoms. The Morgan fingerprint density at radius 1 is 1.16 bits per heavy atom. The Morgan fingerprint density at radius 2 is 1.76 bits per heavy atom. The van der Waals surface area contributed by atoms with Gasteiger partial charge in [-0.15, -0.1) is 0 Å². The van der Waals surface area contributed by atoms with Crippen LogP contribution in [0.5, 0.6) is 0 Å². The van der Waals surface area contributed by atoms with Crippen molar-refractivity contribution in [3.8, 4) is 0 Å². The van der Waals surface area contributed by atoms with Crippen LogP contribution in [0.3, 0.4) is 0 Å². The summed E-state index contributed by atoms with van der Waals surface area (Å²) in [6, 6.07) is 6.51. The molecule has 1 aromatic rings. The van der Waals surface area contributed by atoms with E-state index in [0.717, 1.165) is 5.56 Å². The highest BCUT2D eigenvalue weighted by Gasteiger charge is 2.53. The Balaban J connectivity index is 1.72. The largest absolute Gasteiger partial charge is 0.325 e. The van der Waals surface area contributed by atoms with Gasteiger partial charge in [0.25, 0.3) is 5.91 Å². The number of urea groups is 1. The fourth-order valence-corrected chi connectivity index (χ4v) is 4.49. The van der Waals surface area contributed by atoms with Gasteiger partial charge in [0.2, 0.25) is 10.0 Å². The third-order valence-electron chi connectivity index (χ3n) is 4.83.